The summed E-state index contributed by atoms with van der Waals surface area (Å²) < 4.78 is 13.5. The largest absolute Gasteiger partial charge is 0.493 e. The minimum absolute atomic E-state index is 0.268. The summed E-state index contributed by atoms with van der Waals surface area (Å²) in [5.41, 5.74) is 3.14. The third kappa shape index (κ3) is 4.12. The molecule has 0 saturated heterocycles. The molecule has 0 aliphatic rings. The van der Waals surface area contributed by atoms with Crippen LogP contribution in [0.5, 0.6) is 11.5 Å². The number of para-hydroxylation sites is 1. The number of fused-ring (bicyclic) bond motifs is 1. The zero-order valence-corrected chi connectivity index (χ0v) is 19.8. The van der Waals surface area contributed by atoms with Gasteiger partial charge in [-0.15, -0.1) is 0 Å². The predicted molar refractivity (Wildman–Crippen MR) is 129 cm³/mol. The van der Waals surface area contributed by atoms with E-state index in [2.05, 4.69) is 15.5 Å². The smallest absolute Gasteiger partial charge is 0.278 e. The topological polar surface area (TPSA) is 100 Å². The van der Waals surface area contributed by atoms with Gasteiger partial charge in [0.2, 0.25) is 5.91 Å². The Morgan fingerprint density at radius 1 is 1.03 bits per heavy atom. The van der Waals surface area contributed by atoms with Crippen molar-refractivity contribution in [2.75, 3.05) is 14.2 Å². The predicted octanol–water partition coefficient (Wildman–Crippen LogP) is 3.09. The maximum absolute atomic E-state index is 13.4. The maximum atomic E-state index is 13.4. The first-order valence-electron chi connectivity index (χ1n) is 10.9. The molecule has 0 fully saturated rings. The summed E-state index contributed by atoms with van der Waals surface area (Å²) in [6, 6.07) is 14.2. The van der Waals surface area contributed by atoms with Crippen LogP contribution in [-0.2, 0) is 11.3 Å². The fourth-order valence-electron chi connectivity index (χ4n) is 3.90. The Bertz CT molecular complexity index is 1410. The van der Waals surface area contributed by atoms with Crippen LogP contribution in [0.3, 0.4) is 0 Å². The zero-order chi connectivity index (χ0) is 24.4. The van der Waals surface area contributed by atoms with Gasteiger partial charge in [-0.05, 0) is 50.6 Å². The van der Waals surface area contributed by atoms with E-state index in [1.165, 1.54) is 4.68 Å². The first-order valence-corrected chi connectivity index (χ1v) is 10.9. The fraction of sp³-hybridized carbons (Fsp3) is 0.280. The number of carbonyl (C=O) groups is 1. The number of carbonyl (C=O) groups excluding carboxylic acids is 1. The average Bonchev–Trinajstić information content (AvgIpc) is 3.22. The van der Waals surface area contributed by atoms with E-state index >= 15 is 0 Å². The highest BCUT2D eigenvalue weighted by atomic mass is 16.5. The monoisotopic (exact) mass is 461 g/mol. The van der Waals surface area contributed by atoms with E-state index in [0.717, 1.165) is 11.3 Å². The molecule has 2 aromatic heterocycles. The summed E-state index contributed by atoms with van der Waals surface area (Å²) in [6.45, 7) is 5.55. The number of nitrogens with zero attached hydrogens (tertiary/aromatic N) is 4. The molecule has 34 heavy (non-hydrogen) atoms. The number of rotatable bonds is 7. The van der Waals surface area contributed by atoms with Gasteiger partial charge in [0.15, 0.2) is 11.5 Å². The number of hydrogen-bond donors (Lipinski definition) is 1. The van der Waals surface area contributed by atoms with Crippen LogP contribution >= 0.6 is 0 Å². The Morgan fingerprint density at radius 2 is 1.74 bits per heavy atom. The summed E-state index contributed by atoms with van der Waals surface area (Å²) in [4.78, 5) is 26.3. The molecular formula is C25H27N5O4. The maximum Gasteiger partial charge on any atom is 0.278 e. The van der Waals surface area contributed by atoms with Crippen molar-refractivity contribution in [1.82, 2.24) is 24.9 Å². The molecule has 9 nitrogen and oxygen atoms in total. The van der Waals surface area contributed by atoms with Gasteiger partial charge in [-0.1, -0.05) is 24.3 Å². The minimum atomic E-state index is -0.810. The molecule has 9 heteroatoms. The van der Waals surface area contributed by atoms with Gasteiger partial charge in [-0.25, -0.2) is 9.36 Å². The van der Waals surface area contributed by atoms with E-state index < -0.39 is 6.04 Å². The van der Waals surface area contributed by atoms with E-state index in [1.807, 2.05) is 43.3 Å². The van der Waals surface area contributed by atoms with E-state index in [1.54, 1.807) is 44.9 Å². The van der Waals surface area contributed by atoms with Gasteiger partial charge in [-0.2, -0.15) is 10.2 Å². The second-order valence-corrected chi connectivity index (χ2v) is 7.97. The summed E-state index contributed by atoms with van der Waals surface area (Å²) in [6.07, 6.45) is 0. The molecule has 0 spiro atoms. The molecule has 0 unspecified atom stereocenters. The number of hydrogen-bond acceptors (Lipinski definition) is 6. The van der Waals surface area contributed by atoms with Crippen LogP contribution in [0, 0.1) is 13.8 Å². The van der Waals surface area contributed by atoms with Crippen molar-refractivity contribution >= 4 is 16.8 Å². The quantitative estimate of drug-likeness (QED) is 0.454. The second-order valence-electron chi connectivity index (χ2n) is 7.97. The van der Waals surface area contributed by atoms with E-state index in [0.29, 0.717) is 33.8 Å². The molecule has 2 aromatic carbocycles. The molecule has 1 N–H and O–H groups in total. The van der Waals surface area contributed by atoms with Crippen LogP contribution in [0.15, 0.2) is 53.3 Å². The number of ether oxygens (including phenoxy) is 2. The van der Waals surface area contributed by atoms with Crippen molar-refractivity contribution in [2.45, 2.75) is 33.4 Å². The Labute approximate surface area is 196 Å². The molecule has 0 aliphatic carbocycles. The third-order valence-electron chi connectivity index (χ3n) is 5.80. The number of benzene rings is 2. The minimum Gasteiger partial charge on any atom is -0.493 e. The van der Waals surface area contributed by atoms with Crippen molar-refractivity contribution in [3.05, 3.63) is 75.8 Å². The van der Waals surface area contributed by atoms with E-state index in [-0.39, 0.29) is 18.0 Å². The highest BCUT2D eigenvalue weighted by Gasteiger charge is 2.23. The fourth-order valence-corrected chi connectivity index (χ4v) is 3.90. The van der Waals surface area contributed by atoms with Gasteiger partial charge in [-0.3, -0.25) is 9.59 Å². The summed E-state index contributed by atoms with van der Waals surface area (Å²) >= 11 is 0. The van der Waals surface area contributed by atoms with Crippen LogP contribution < -0.4 is 20.3 Å². The molecule has 1 amide bonds. The van der Waals surface area contributed by atoms with Gasteiger partial charge < -0.3 is 14.8 Å². The lowest BCUT2D eigenvalue weighted by atomic mass is 10.2. The first-order chi connectivity index (χ1) is 16.3. The van der Waals surface area contributed by atoms with Gasteiger partial charge in [0.25, 0.3) is 5.56 Å². The molecule has 2 heterocycles. The number of nitrogens with one attached hydrogen (secondary N) is 1. The van der Waals surface area contributed by atoms with Crippen LogP contribution in [0.2, 0.25) is 0 Å². The Kier molecular flexibility index (Phi) is 6.36. The van der Waals surface area contributed by atoms with E-state index in [4.69, 9.17) is 9.47 Å². The van der Waals surface area contributed by atoms with Crippen molar-refractivity contribution in [3.8, 4) is 17.2 Å². The Hall–Kier alpha value is -4.14. The number of aryl methyl sites for hydroxylation is 2. The standard InChI is InChI=1S/C25H27N5O4/c1-15-23-22(16(2)29(28-23)19-9-7-6-8-10-19)25(32)30(27-15)17(3)24(31)26-14-18-11-12-20(33-4)21(13-18)34-5/h6-13,17H,14H2,1-5H3,(H,26,31)/t17-/m0/s1. The van der Waals surface area contributed by atoms with Crippen molar-refractivity contribution in [3.63, 3.8) is 0 Å². The van der Waals surface area contributed by atoms with Gasteiger partial charge >= 0.3 is 0 Å². The number of methoxy groups -OCH3 is 2. The van der Waals surface area contributed by atoms with Gasteiger partial charge in [0, 0.05) is 6.54 Å². The van der Waals surface area contributed by atoms with Crippen molar-refractivity contribution in [2.24, 2.45) is 0 Å². The molecule has 176 valence electrons. The molecule has 1 atom stereocenters. The molecule has 4 aromatic rings. The highest BCUT2D eigenvalue weighted by Crippen LogP contribution is 2.27. The molecule has 0 saturated carbocycles. The lowest BCUT2D eigenvalue weighted by molar-refractivity contribution is -0.124. The molecule has 0 bridgehead atoms. The molecular weight excluding hydrogens is 434 g/mol. The second kappa shape index (κ2) is 9.38. The van der Waals surface area contributed by atoms with Gasteiger partial charge in [0.1, 0.15) is 11.6 Å². The Balaban J connectivity index is 1.62. The van der Waals surface area contributed by atoms with Gasteiger partial charge in [0.05, 0.1) is 36.7 Å². The summed E-state index contributed by atoms with van der Waals surface area (Å²) in [7, 11) is 3.12. The molecule has 0 radical (unpaired) electrons. The zero-order valence-electron chi connectivity index (χ0n) is 19.8. The van der Waals surface area contributed by atoms with Crippen LogP contribution in [0.1, 0.15) is 29.9 Å². The van der Waals surface area contributed by atoms with Crippen molar-refractivity contribution < 1.29 is 14.3 Å². The first kappa shape index (κ1) is 23.0. The summed E-state index contributed by atoms with van der Waals surface area (Å²) in [5.74, 6) is 0.861. The lowest BCUT2D eigenvalue weighted by Gasteiger charge is -2.15. The van der Waals surface area contributed by atoms with Crippen LogP contribution in [0.25, 0.3) is 16.6 Å². The Morgan fingerprint density at radius 3 is 2.41 bits per heavy atom. The third-order valence-corrected chi connectivity index (χ3v) is 5.80. The summed E-state index contributed by atoms with van der Waals surface area (Å²) in [5, 5.41) is 12.3. The van der Waals surface area contributed by atoms with E-state index in [9.17, 15) is 9.59 Å². The molecule has 0 aliphatic heterocycles. The number of aromatic nitrogens is 4. The van der Waals surface area contributed by atoms with Crippen LogP contribution in [0.4, 0.5) is 0 Å². The van der Waals surface area contributed by atoms with Crippen molar-refractivity contribution in [1.29, 1.82) is 0 Å². The number of amides is 1. The van der Waals surface area contributed by atoms with Crippen LogP contribution in [-0.4, -0.2) is 39.7 Å². The average molecular weight is 462 g/mol. The lowest BCUT2D eigenvalue weighted by Crippen LogP contribution is -2.37. The SMILES string of the molecule is COc1ccc(CNC(=O)[C@H](C)n2nc(C)c3nn(-c4ccccc4)c(C)c3c2=O)cc1OC. The normalized spacial score (nSPS) is 11.9. The highest BCUT2D eigenvalue weighted by molar-refractivity contribution is 5.84. The molecule has 4 rings (SSSR count).